The fourth-order valence-electron chi connectivity index (χ4n) is 1.24. The zero-order valence-electron chi connectivity index (χ0n) is 8.67. The number of nitrogens with zero attached hydrogens (tertiary/aromatic N) is 2. The van der Waals surface area contributed by atoms with Gasteiger partial charge in [-0.3, -0.25) is 4.79 Å². The van der Waals surface area contributed by atoms with Crippen molar-refractivity contribution < 1.29 is 23.9 Å². The molecule has 86 valence electrons. The molecule has 2 aliphatic rings. The highest BCUT2D eigenvalue weighted by Crippen LogP contribution is 2.44. The van der Waals surface area contributed by atoms with Gasteiger partial charge in [-0.25, -0.2) is 4.79 Å². The zero-order valence-corrected chi connectivity index (χ0v) is 8.67. The van der Waals surface area contributed by atoms with Crippen molar-refractivity contribution in [3.05, 3.63) is 18.2 Å². The van der Waals surface area contributed by atoms with E-state index in [0.717, 1.165) is 6.42 Å². The number of esters is 2. The summed E-state index contributed by atoms with van der Waals surface area (Å²) in [6.45, 7) is 4.14. The Morgan fingerprint density at radius 2 is 2.50 bits per heavy atom. The highest BCUT2D eigenvalue weighted by molar-refractivity contribution is 6.20. The summed E-state index contributed by atoms with van der Waals surface area (Å²) in [5.41, 5.74) is 7.78. The van der Waals surface area contributed by atoms with Gasteiger partial charge in [-0.15, -0.1) is 0 Å². The highest BCUT2D eigenvalue weighted by Gasteiger charge is 2.50. The second kappa shape index (κ2) is 5.82. The van der Waals surface area contributed by atoms with E-state index in [9.17, 15) is 9.59 Å². The smallest absolute Gasteiger partial charge is 0.413 e. The van der Waals surface area contributed by atoms with Crippen molar-refractivity contribution >= 4 is 18.2 Å². The van der Waals surface area contributed by atoms with Crippen LogP contribution in [0, 0.1) is 11.8 Å². The minimum atomic E-state index is -0.683. The van der Waals surface area contributed by atoms with Crippen molar-refractivity contribution in [1.29, 1.82) is 0 Å². The average molecular weight is 224 g/mol. The van der Waals surface area contributed by atoms with Crippen molar-refractivity contribution in [1.82, 2.24) is 0 Å². The van der Waals surface area contributed by atoms with Gasteiger partial charge in [0.15, 0.2) is 0 Å². The Bertz CT molecular complexity index is 347. The van der Waals surface area contributed by atoms with Crippen molar-refractivity contribution in [2.45, 2.75) is 6.42 Å². The molecular weight excluding hydrogens is 212 g/mol. The van der Waals surface area contributed by atoms with Crippen molar-refractivity contribution in [3.63, 3.8) is 0 Å². The number of fused-ring (bicyclic) bond motifs is 1. The Morgan fingerprint density at radius 3 is 2.81 bits per heavy atom. The molecule has 6 heteroatoms. The normalized spacial score (nSPS) is 23.9. The molecule has 0 bridgehead atoms. The molecule has 0 aromatic rings. The van der Waals surface area contributed by atoms with Crippen LogP contribution in [0.4, 0.5) is 0 Å². The van der Waals surface area contributed by atoms with Crippen LogP contribution in [0.5, 0.6) is 0 Å². The number of hydrogen-bond donors (Lipinski definition) is 0. The highest BCUT2D eigenvalue weighted by atomic mass is 16.5. The fraction of sp³-hybridized carbons (Fsp3) is 0.500. The molecule has 16 heavy (non-hydrogen) atoms. The summed E-state index contributed by atoms with van der Waals surface area (Å²) >= 11 is 0. The maximum absolute atomic E-state index is 10.4. The molecule has 0 aromatic carbocycles. The van der Waals surface area contributed by atoms with Crippen LogP contribution in [-0.2, 0) is 19.1 Å². The molecule has 2 rings (SSSR count). The molecule has 1 aliphatic carbocycles. The third-order valence-corrected chi connectivity index (χ3v) is 2.17. The van der Waals surface area contributed by atoms with Gasteiger partial charge in [0.1, 0.15) is 6.61 Å². The van der Waals surface area contributed by atoms with E-state index in [0.29, 0.717) is 24.7 Å². The van der Waals surface area contributed by atoms with Gasteiger partial charge in [-0.1, -0.05) is 12.7 Å². The molecule has 2 fully saturated rings. The second-order valence-corrected chi connectivity index (χ2v) is 3.40. The van der Waals surface area contributed by atoms with Crippen LogP contribution in [0.3, 0.4) is 0 Å². The number of rotatable bonds is 3. The van der Waals surface area contributed by atoms with Crippen LogP contribution in [0.25, 0.3) is 5.53 Å². The lowest BCUT2D eigenvalue weighted by Gasteiger charge is -1.89. The first-order valence-electron chi connectivity index (χ1n) is 4.80. The predicted octanol–water partition coefficient (Wildman–Crippen LogP) is 0.196. The van der Waals surface area contributed by atoms with E-state index in [1.54, 1.807) is 0 Å². The first kappa shape index (κ1) is 12.1. The lowest BCUT2D eigenvalue weighted by Crippen LogP contribution is -2.05. The molecule has 2 unspecified atom stereocenters. The monoisotopic (exact) mass is 224 g/mol. The lowest BCUT2D eigenvalue weighted by molar-refractivity contribution is -0.141. The second-order valence-electron chi connectivity index (χ2n) is 3.40. The van der Waals surface area contributed by atoms with Crippen LogP contribution in [-0.4, -0.2) is 36.2 Å². The Kier molecular flexibility index (Phi) is 4.42. The maximum Gasteiger partial charge on any atom is 0.413 e. The summed E-state index contributed by atoms with van der Waals surface area (Å²) < 4.78 is 9.04. The maximum atomic E-state index is 10.4. The Labute approximate surface area is 92.5 Å². The Morgan fingerprint density at radius 1 is 1.75 bits per heavy atom. The summed E-state index contributed by atoms with van der Waals surface area (Å²) in [4.78, 5) is 23.1. The standard InChI is InChI=1S/C5H6N2O2.C5H6O2/c1-2-3-9-5(8)4-7-6;6-5-4-1-3(4)2-7-5/h2,4H,1,3H2;3-4H,1-2H2. The van der Waals surface area contributed by atoms with Crippen LogP contribution in [0.15, 0.2) is 12.7 Å². The van der Waals surface area contributed by atoms with Gasteiger partial charge >= 0.3 is 18.2 Å². The van der Waals surface area contributed by atoms with E-state index in [1.165, 1.54) is 6.08 Å². The minimum Gasteiger partial charge on any atom is -0.465 e. The van der Waals surface area contributed by atoms with E-state index in [1.807, 2.05) is 0 Å². The van der Waals surface area contributed by atoms with Crippen molar-refractivity contribution in [2.75, 3.05) is 13.2 Å². The molecule has 0 spiro atoms. The lowest BCUT2D eigenvalue weighted by atomic mass is 10.4. The van der Waals surface area contributed by atoms with Gasteiger partial charge < -0.3 is 15.0 Å². The number of cyclic esters (lactones) is 1. The third kappa shape index (κ3) is 3.67. The first-order chi connectivity index (χ1) is 7.69. The fourth-order valence-corrected chi connectivity index (χ4v) is 1.24. The zero-order chi connectivity index (χ0) is 12.0. The van der Waals surface area contributed by atoms with E-state index < -0.39 is 5.97 Å². The number of ether oxygens (including phenoxy) is 2. The summed E-state index contributed by atoms with van der Waals surface area (Å²) in [7, 11) is 0. The molecule has 0 N–H and O–H groups in total. The number of hydrogen-bond acceptors (Lipinski definition) is 4. The Hall–Kier alpha value is -1.94. The summed E-state index contributed by atoms with van der Waals surface area (Å²) in [5.74, 6) is 0.287. The van der Waals surface area contributed by atoms with Crippen molar-refractivity contribution in [2.24, 2.45) is 11.8 Å². The van der Waals surface area contributed by atoms with Crippen LogP contribution >= 0.6 is 0 Å². The molecule has 6 nitrogen and oxygen atoms in total. The number of carbonyl (C=O) groups is 2. The Balaban J connectivity index is 0.000000163. The van der Waals surface area contributed by atoms with E-state index in [4.69, 9.17) is 5.53 Å². The molecule has 1 aliphatic heterocycles. The predicted molar refractivity (Wildman–Crippen MR) is 53.4 cm³/mol. The largest absolute Gasteiger partial charge is 0.465 e. The molecule has 1 saturated carbocycles. The van der Waals surface area contributed by atoms with Gasteiger partial charge in [-0.2, -0.15) is 4.79 Å². The minimum absolute atomic E-state index is 0.0324. The first-order valence-corrected chi connectivity index (χ1v) is 4.80. The molecule has 1 heterocycles. The molecule has 0 amide bonds. The van der Waals surface area contributed by atoms with Crippen LogP contribution in [0.2, 0.25) is 0 Å². The van der Waals surface area contributed by atoms with Gasteiger partial charge in [-0.05, 0) is 6.42 Å². The quantitative estimate of drug-likeness (QED) is 0.225. The molecule has 0 radical (unpaired) electrons. The van der Waals surface area contributed by atoms with E-state index in [2.05, 4.69) is 20.8 Å². The SMILES string of the molecule is C=CCOC(=O)C=[N+]=[N-].O=C1OCC2CC12. The number of carbonyl (C=O) groups excluding carboxylic acids is 2. The summed E-state index contributed by atoms with van der Waals surface area (Å²) in [5, 5.41) is 0. The third-order valence-electron chi connectivity index (χ3n) is 2.17. The van der Waals surface area contributed by atoms with Gasteiger partial charge in [0.25, 0.3) is 0 Å². The van der Waals surface area contributed by atoms with Gasteiger partial charge in [0.05, 0.1) is 12.5 Å². The summed E-state index contributed by atoms with van der Waals surface area (Å²) in [6.07, 6.45) is 3.19. The molecular formula is C10H12N2O4. The van der Waals surface area contributed by atoms with Crippen LogP contribution in [0.1, 0.15) is 6.42 Å². The van der Waals surface area contributed by atoms with Gasteiger partial charge in [0, 0.05) is 5.92 Å². The van der Waals surface area contributed by atoms with E-state index >= 15 is 0 Å². The van der Waals surface area contributed by atoms with Crippen LogP contribution < -0.4 is 0 Å². The summed E-state index contributed by atoms with van der Waals surface area (Å²) in [6, 6.07) is 0. The van der Waals surface area contributed by atoms with Crippen molar-refractivity contribution in [3.8, 4) is 0 Å². The molecule has 2 atom stereocenters. The van der Waals surface area contributed by atoms with Gasteiger partial charge in [0.2, 0.25) is 0 Å². The average Bonchev–Trinajstić information content (AvgIpc) is 2.97. The topological polar surface area (TPSA) is 89.0 Å². The van der Waals surface area contributed by atoms with E-state index in [-0.39, 0.29) is 12.6 Å². The molecule has 1 saturated heterocycles. The molecule has 0 aromatic heterocycles.